The number of hydrogen-bond donors (Lipinski definition) is 2. The van der Waals surface area contributed by atoms with Crippen LogP contribution in [0.1, 0.15) is 105 Å². The molecule has 0 bridgehead atoms. The lowest BCUT2D eigenvalue weighted by atomic mass is 9.40. The molecule has 49 heavy (non-hydrogen) atoms. The zero-order valence-corrected chi connectivity index (χ0v) is 31.4. The fourth-order valence-electron chi connectivity index (χ4n) is 13.4. The van der Waals surface area contributed by atoms with Gasteiger partial charge < -0.3 is 15.3 Å². The molecule has 7 rings (SSSR count). The van der Waals surface area contributed by atoms with Crippen LogP contribution in [-0.4, -0.2) is 67.6 Å². The van der Waals surface area contributed by atoms with E-state index in [4.69, 9.17) is 0 Å². The molecule has 5 fully saturated rings. The Morgan fingerprint density at radius 1 is 1.00 bits per heavy atom. The quantitative estimate of drug-likeness (QED) is 0.272. The van der Waals surface area contributed by atoms with Crippen molar-refractivity contribution in [2.24, 2.45) is 57.7 Å². The van der Waals surface area contributed by atoms with Crippen LogP contribution in [0.5, 0.6) is 0 Å². The van der Waals surface area contributed by atoms with Gasteiger partial charge in [-0.15, -0.1) is 0 Å². The standard InChI is InChI=1S/C41H61N3O4S/c1-27(2)29-14-17-41(43-20-21-44-22-24-49(47,48)25-23-44)19-18-39(5)34-11-10-33-30(31(34)7-9-35(39)36(29)41)6-8-32(38(33,3)4)28-12-15-40(26-42,16-13-28)37(45)46/h8,12,29-31,33-36,43H,1,6-7,9-11,13-25H2,2-5H3,(H,45,46)/t29-,30?,31+,33+,34?,35+,36+,39-,40?,41-/m0/s1. The molecule has 270 valence electrons. The summed E-state index contributed by atoms with van der Waals surface area (Å²) in [6, 6.07) is 2.12. The highest BCUT2D eigenvalue weighted by Crippen LogP contribution is 2.69. The van der Waals surface area contributed by atoms with Gasteiger partial charge in [0.2, 0.25) is 0 Å². The molecule has 0 spiro atoms. The van der Waals surface area contributed by atoms with E-state index in [0.717, 1.165) is 31.3 Å². The Hall–Kier alpha value is -1.95. The topological polar surface area (TPSA) is 111 Å². The molecule has 2 N–H and O–H groups in total. The number of nitriles is 1. The van der Waals surface area contributed by atoms with Crippen LogP contribution in [0, 0.1) is 69.0 Å². The molecule has 1 aliphatic heterocycles. The van der Waals surface area contributed by atoms with E-state index >= 15 is 0 Å². The second-order valence-electron chi connectivity index (χ2n) is 18.4. The third-order valence-electron chi connectivity index (χ3n) is 16.1. The Kier molecular flexibility index (Phi) is 9.13. The van der Waals surface area contributed by atoms with Crippen molar-refractivity contribution in [2.75, 3.05) is 37.7 Å². The van der Waals surface area contributed by atoms with E-state index in [-0.39, 0.29) is 11.0 Å². The summed E-state index contributed by atoms with van der Waals surface area (Å²) < 4.78 is 24.0. The number of carboxylic acid groups (broad SMARTS) is 1. The largest absolute Gasteiger partial charge is 0.480 e. The van der Waals surface area contributed by atoms with Gasteiger partial charge in [-0.1, -0.05) is 45.1 Å². The molecule has 0 amide bonds. The molecule has 7 nitrogen and oxygen atoms in total. The van der Waals surface area contributed by atoms with E-state index in [1.165, 1.54) is 68.1 Å². The van der Waals surface area contributed by atoms with Crippen molar-refractivity contribution in [3.63, 3.8) is 0 Å². The van der Waals surface area contributed by atoms with Crippen molar-refractivity contribution in [1.82, 2.24) is 10.2 Å². The molecule has 8 heteroatoms. The average Bonchev–Trinajstić information content (AvgIpc) is 3.45. The number of carboxylic acids is 1. The summed E-state index contributed by atoms with van der Waals surface area (Å²) in [5.74, 6) is 4.39. The molecular formula is C41H61N3O4S. The molecule has 1 saturated heterocycles. The fourth-order valence-corrected chi connectivity index (χ4v) is 14.6. The van der Waals surface area contributed by atoms with Crippen molar-refractivity contribution in [1.29, 1.82) is 5.26 Å². The number of aliphatic carboxylic acids is 1. The maximum Gasteiger partial charge on any atom is 0.324 e. The number of allylic oxidation sites excluding steroid dienone is 5. The zero-order chi connectivity index (χ0) is 35.0. The van der Waals surface area contributed by atoms with E-state index < -0.39 is 21.2 Å². The van der Waals surface area contributed by atoms with Gasteiger partial charge in [-0.3, -0.25) is 4.79 Å². The number of nitrogens with zero attached hydrogens (tertiary/aromatic N) is 2. The van der Waals surface area contributed by atoms with Crippen molar-refractivity contribution >= 4 is 15.8 Å². The summed E-state index contributed by atoms with van der Waals surface area (Å²) in [7, 11) is -2.86. The molecule has 6 aliphatic carbocycles. The monoisotopic (exact) mass is 691 g/mol. The van der Waals surface area contributed by atoms with Gasteiger partial charge in [0, 0.05) is 31.7 Å². The van der Waals surface area contributed by atoms with Gasteiger partial charge in [-0.2, -0.15) is 5.26 Å². The molecule has 0 aromatic carbocycles. The summed E-state index contributed by atoms with van der Waals surface area (Å²) in [6.45, 7) is 17.6. The van der Waals surface area contributed by atoms with Gasteiger partial charge >= 0.3 is 5.97 Å². The van der Waals surface area contributed by atoms with Crippen molar-refractivity contribution < 1.29 is 18.3 Å². The lowest BCUT2D eigenvalue weighted by Crippen LogP contribution is -2.63. The first-order chi connectivity index (χ1) is 23.2. The highest BCUT2D eigenvalue weighted by molar-refractivity contribution is 7.91. The van der Waals surface area contributed by atoms with Gasteiger partial charge in [0.05, 0.1) is 17.6 Å². The molecule has 1 heterocycles. The molecule has 4 saturated carbocycles. The van der Waals surface area contributed by atoms with Crippen molar-refractivity contribution in [3.8, 4) is 6.07 Å². The van der Waals surface area contributed by atoms with Crippen LogP contribution in [0.2, 0.25) is 0 Å². The lowest BCUT2D eigenvalue weighted by Gasteiger charge is -2.65. The summed E-state index contributed by atoms with van der Waals surface area (Å²) in [4.78, 5) is 14.3. The Labute approximate surface area is 296 Å². The summed E-state index contributed by atoms with van der Waals surface area (Å²) in [5.41, 5.74) is 3.38. The molecule has 7 aliphatic rings. The molecule has 0 radical (unpaired) electrons. The zero-order valence-electron chi connectivity index (χ0n) is 30.6. The highest BCUT2D eigenvalue weighted by Gasteiger charge is 2.64. The normalized spacial score (nSPS) is 44.2. The van der Waals surface area contributed by atoms with E-state index in [2.05, 4.69) is 62.7 Å². The summed E-state index contributed by atoms with van der Waals surface area (Å²) in [5, 5.41) is 23.6. The number of hydrogen-bond acceptors (Lipinski definition) is 6. The fraction of sp³-hybridized carbons (Fsp3) is 0.805. The Balaban J connectivity index is 1.08. The number of nitrogens with one attached hydrogen (secondary N) is 1. The first-order valence-corrected chi connectivity index (χ1v) is 21.4. The van der Waals surface area contributed by atoms with Gasteiger partial charge in [0.25, 0.3) is 0 Å². The molecule has 3 unspecified atom stereocenters. The smallest absolute Gasteiger partial charge is 0.324 e. The van der Waals surface area contributed by atoms with Gasteiger partial charge in [-0.25, -0.2) is 8.42 Å². The third kappa shape index (κ3) is 5.81. The predicted molar refractivity (Wildman–Crippen MR) is 194 cm³/mol. The average molecular weight is 692 g/mol. The van der Waals surface area contributed by atoms with E-state index in [9.17, 15) is 23.6 Å². The minimum absolute atomic E-state index is 0.0496. The van der Waals surface area contributed by atoms with Crippen LogP contribution in [0.3, 0.4) is 0 Å². The van der Waals surface area contributed by atoms with Crippen LogP contribution >= 0.6 is 0 Å². The second-order valence-corrected chi connectivity index (χ2v) is 20.7. The van der Waals surface area contributed by atoms with Crippen LogP contribution in [0.25, 0.3) is 0 Å². The number of carbonyl (C=O) groups is 1. The number of fused-ring (bicyclic) bond motifs is 7. The molecule has 0 aromatic rings. The number of rotatable bonds is 7. The Morgan fingerprint density at radius 3 is 2.37 bits per heavy atom. The van der Waals surface area contributed by atoms with Crippen LogP contribution in [0.15, 0.2) is 35.5 Å². The van der Waals surface area contributed by atoms with Crippen LogP contribution in [0.4, 0.5) is 0 Å². The maximum atomic E-state index is 12.0. The number of sulfone groups is 1. The van der Waals surface area contributed by atoms with Crippen LogP contribution in [-0.2, 0) is 14.6 Å². The van der Waals surface area contributed by atoms with E-state index in [1.807, 2.05) is 0 Å². The maximum absolute atomic E-state index is 12.0. The predicted octanol–water partition coefficient (Wildman–Crippen LogP) is 7.18. The first kappa shape index (κ1) is 35.5. The minimum Gasteiger partial charge on any atom is -0.480 e. The Morgan fingerprint density at radius 2 is 1.71 bits per heavy atom. The van der Waals surface area contributed by atoms with Gasteiger partial charge in [0.15, 0.2) is 15.3 Å². The van der Waals surface area contributed by atoms with Crippen LogP contribution < -0.4 is 5.32 Å². The van der Waals surface area contributed by atoms with Gasteiger partial charge in [-0.05, 0) is 147 Å². The first-order valence-electron chi connectivity index (χ1n) is 19.5. The third-order valence-corrected chi connectivity index (χ3v) is 17.7. The second kappa shape index (κ2) is 12.6. The van der Waals surface area contributed by atoms with Crippen molar-refractivity contribution in [3.05, 3.63) is 35.5 Å². The Bertz CT molecular complexity index is 1560. The molecular weight excluding hydrogens is 631 g/mol. The lowest BCUT2D eigenvalue weighted by molar-refractivity contribution is -0.146. The minimum atomic E-state index is -2.86. The molecule has 10 atom stereocenters. The molecule has 0 aromatic heterocycles. The highest BCUT2D eigenvalue weighted by atomic mass is 32.2. The summed E-state index contributed by atoms with van der Waals surface area (Å²) in [6.07, 6.45) is 17.4. The SMILES string of the molecule is C=C(C)[C@@H]1CC[C@]2(NCCN3CCS(=O)(=O)CC3)CC[C@@]3(C)C4CC[C@@H]5C(CC=C(C6=CCC(C#N)(C(=O)O)CC6)C5(C)C)[C@H]4CC[C@@H]3[C@@H]12. The summed E-state index contributed by atoms with van der Waals surface area (Å²) >= 11 is 0. The van der Waals surface area contributed by atoms with E-state index in [1.54, 1.807) is 0 Å². The van der Waals surface area contributed by atoms with Crippen molar-refractivity contribution in [2.45, 2.75) is 110 Å². The van der Waals surface area contributed by atoms with E-state index in [0.29, 0.717) is 78.9 Å². The van der Waals surface area contributed by atoms with Gasteiger partial charge in [0.1, 0.15) is 0 Å².